The van der Waals surface area contributed by atoms with Crippen LogP contribution in [-0.2, 0) is 0 Å². The van der Waals surface area contributed by atoms with E-state index in [9.17, 15) is 4.79 Å². The minimum Gasteiger partial charge on any atom is -0.320 e. The summed E-state index contributed by atoms with van der Waals surface area (Å²) < 4.78 is 1.74. The number of amides is 1. The molecule has 0 spiro atoms. The molecule has 26 heavy (non-hydrogen) atoms. The number of aromatic nitrogens is 5. The summed E-state index contributed by atoms with van der Waals surface area (Å²) in [4.78, 5) is 12.8. The van der Waals surface area contributed by atoms with E-state index in [1.807, 2.05) is 67.7 Å². The van der Waals surface area contributed by atoms with Crippen LogP contribution in [0, 0.1) is 6.92 Å². The number of rotatable bonds is 4. The summed E-state index contributed by atoms with van der Waals surface area (Å²) in [5.41, 5.74) is 4.10. The molecule has 7 nitrogen and oxygen atoms in total. The first-order valence-electron chi connectivity index (χ1n) is 8.10. The van der Waals surface area contributed by atoms with Crippen molar-refractivity contribution in [2.24, 2.45) is 0 Å². The molecule has 0 bridgehead atoms. The summed E-state index contributed by atoms with van der Waals surface area (Å²) in [7, 11) is 0. The lowest BCUT2D eigenvalue weighted by molar-refractivity contribution is 0.102. The molecular weight excluding hydrogens is 328 g/mol. The SMILES string of the molecule is Cc1ccc(-n2cccn2)cc1NC(=O)c1n[nH]nc1-c1ccccc1. The van der Waals surface area contributed by atoms with Gasteiger partial charge >= 0.3 is 0 Å². The molecule has 4 aromatic rings. The topological polar surface area (TPSA) is 88.5 Å². The number of hydrogen-bond donors (Lipinski definition) is 2. The van der Waals surface area contributed by atoms with Crippen LogP contribution in [0.4, 0.5) is 5.69 Å². The second kappa shape index (κ2) is 6.64. The van der Waals surface area contributed by atoms with Gasteiger partial charge < -0.3 is 5.32 Å². The van der Waals surface area contributed by atoms with E-state index in [0.29, 0.717) is 11.4 Å². The summed E-state index contributed by atoms with van der Waals surface area (Å²) in [6, 6.07) is 17.1. The monoisotopic (exact) mass is 344 g/mol. The molecule has 0 atom stereocenters. The van der Waals surface area contributed by atoms with Gasteiger partial charge in [0.2, 0.25) is 0 Å². The summed E-state index contributed by atoms with van der Waals surface area (Å²) in [6.07, 6.45) is 3.56. The number of carbonyl (C=O) groups excluding carboxylic acids is 1. The Bertz CT molecular complexity index is 1040. The Kier molecular flexibility index (Phi) is 4.03. The predicted molar refractivity (Wildman–Crippen MR) is 98.1 cm³/mol. The Balaban J connectivity index is 1.64. The minimum absolute atomic E-state index is 0.250. The van der Waals surface area contributed by atoms with Gasteiger partial charge in [-0.2, -0.15) is 20.5 Å². The van der Waals surface area contributed by atoms with Gasteiger partial charge in [0.15, 0.2) is 5.69 Å². The van der Waals surface area contributed by atoms with E-state index in [-0.39, 0.29) is 11.6 Å². The van der Waals surface area contributed by atoms with E-state index in [0.717, 1.165) is 16.8 Å². The number of anilines is 1. The molecule has 0 fully saturated rings. The number of nitrogens with zero attached hydrogens (tertiary/aromatic N) is 4. The number of aromatic amines is 1. The molecule has 0 aliphatic heterocycles. The highest BCUT2D eigenvalue weighted by Gasteiger charge is 2.18. The van der Waals surface area contributed by atoms with Gasteiger partial charge in [-0.3, -0.25) is 4.79 Å². The largest absolute Gasteiger partial charge is 0.320 e. The van der Waals surface area contributed by atoms with Crippen LogP contribution in [0.2, 0.25) is 0 Å². The molecule has 128 valence electrons. The summed E-state index contributed by atoms with van der Waals surface area (Å²) in [5, 5.41) is 17.8. The van der Waals surface area contributed by atoms with Gasteiger partial charge in [-0.15, -0.1) is 0 Å². The minimum atomic E-state index is -0.321. The van der Waals surface area contributed by atoms with Crippen molar-refractivity contribution >= 4 is 11.6 Å². The number of nitrogens with one attached hydrogen (secondary N) is 2. The van der Waals surface area contributed by atoms with Gasteiger partial charge in [-0.25, -0.2) is 4.68 Å². The molecule has 0 unspecified atom stereocenters. The second-order valence-electron chi connectivity index (χ2n) is 5.79. The third kappa shape index (κ3) is 2.98. The molecule has 2 N–H and O–H groups in total. The fraction of sp³-hybridized carbons (Fsp3) is 0.0526. The van der Waals surface area contributed by atoms with Gasteiger partial charge in [0.25, 0.3) is 5.91 Å². The Labute approximate surface area is 149 Å². The second-order valence-corrected chi connectivity index (χ2v) is 5.79. The molecule has 2 aromatic carbocycles. The van der Waals surface area contributed by atoms with Crippen LogP contribution >= 0.6 is 0 Å². The molecule has 0 aliphatic rings. The summed E-state index contributed by atoms with van der Waals surface area (Å²) >= 11 is 0. The van der Waals surface area contributed by atoms with Gasteiger partial charge in [-0.05, 0) is 30.7 Å². The Morgan fingerprint density at radius 3 is 2.69 bits per heavy atom. The van der Waals surface area contributed by atoms with Gasteiger partial charge in [0.05, 0.1) is 5.69 Å². The predicted octanol–water partition coefficient (Wildman–Crippen LogP) is 3.22. The maximum atomic E-state index is 12.8. The van der Waals surface area contributed by atoms with E-state index in [4.69, 9.17) is 0 Å². The zero-order valence-electron chi connectivity index (χ0n) is 14.0. The van der Waals surface area contributed by atoms with Crippen molar-refractivity contribution in [2.45, 2.75) is 6.92 Å². The van der Waals surface area contributed by atoms with Crippen LogP contribution in [-0.4, -0.2) is 31.1 Å². The number of H-pyrrole nitrogens is 1. The average Bonchev–Trinajstić information content (AvgIpc) is 3.36. The number of carbonyl (C=O) groups is 1. The maximum absolute atomic E-state index is 12.8. The molecule has 7 heteroatoms. The standard InChI is InChI=1S/C19H16N6O/c1-13-8-9-15(25-11-5-10-20-25)12-16(13)21-19(26)18-17(22-24-23-18)14-6-3-2-4-7-14/h2-12H,1H3,(H,21,26)(H,22,23,24). The first kappa shape index (κ1) is 15.8. The van der Waals surface area contributed by atoms with Crippen molar-refractivity contribution in [1.29, 1.82) is 0 Å². The van der Waals surface area contributed by atoms with E-state index in [2.05, 4.69) is 25.8 Å². The molecule has 1 amide bonds. The summed E-state index contributed by atoms with van der Waals surface area (Å²) in [6.45, 7) is 1.93. The Morgan fingerprint density at radius 1 is 1.08 bits per heavy atom. The van der Waals surface area contributed by atoms with E-state index >= 15 is 0 Å². The highest BCUT2D eigenvalue weighted by Crippen LogP contribution is 2.23. The molecule has 0 radical (unpaired) electrons. The first-order valence-corrected chi connectivity index (χ1v) is 8.10. The molecule has 4 rings (SSSR count). The van der Waals surface area contributed by atoms with E-state index < -0.39 is 0 Å². The van der Waals surface area contributed by atoms with Crippen molar-refractivity contribution < 1.29 is 4.79 Å². The Hall–Kier alpha value is -3.74. The van der Waals surface area contributed by atoms with Crippen LogP contribution in [0.1, 0.15) is 16.1 Å². The van der Waals surface area contributed by atoms with Crippen molar-refractivity contribution in [2.75, 3.05) is 5.32 Å². The van der Waals surface area contributed by atoms with Crippen LogP contribution in [0.15, 0.2) is 67.0 Å². The lowest BCUT2D eigenvalue weighted by Gasteiger charge is -2.10. The van der Waals surface area contributed by atoms with Crippen LogP contribution in [0.5, 0.6) is 0 Å². The normalized spacial score (nSPS) is 10.7. The highest BCUT2D eigenvalue weighted by atomic mass is 16.2. The first-order chi connectivity index (χ1) is 12.7. The van der Waals surface area contributed by atoms with E-state index in [1.165, 1.54) is 0 Å². The smallest absolute Gasteiger partial charge is 0.278 e. The van der Waals surface area contributed by atoms with Crippen molar-refractivity contribution in [1.82, 2.24) is 25.2 Å². The molecular formula is C19H16N6O. The zero-order valence-corrected chi connectivity index (χ0v) is 14.0. The fourth-order valence-corrected chi connectivity index (χ4v) is 2.68. The molecule has 0 aliphatic carbocycles. The molecule has 2 heterocycles. The van der Waals surface area contributed by atoms with Gasteiger partial charge in [0, 0.05) is 23.6 Å². The quantitative estimate of drug-likeness (QED) is 0.595. The van der Waals surface area contributed by atoms with Crippen LogP contribution in [0.25, 0.3) is 16.9 Å². The van der Waals surface area contributed by atoms with Crippen molar-refractivity contribution in [3.63, 3.8) is 0 Å². The number of aryl methyl sites for hydroxylation is 1. The average molecular weight is 344 g/mol. The molecule has 2 aromatic heterocycles. The lowest BCUT2D eigenvalue weighted by atomic mass is 10.1. The number of benzene rings is 2. The molecule has 0 saturated carbocycles. The van der Waals surface area contributed by atoms with Crippen molar-refractivity contribution in [3.05, 3.63) is 78.2 Å². The third-order valence-electron chi connectivity index (χ3n) is 4.05. The third-order valence-corrected chi connectivity index (χ3v) is 4.05. The Morgan fingerprint density at radius 2 is 1.92 bits per heavy atom. The van der Waals surface area contributed by atoms with Crippen LogP contribution in [0.3, 0.4) is 0 Å². The van der Waals surface area contributed by atoms with Crippen molar-refractivity contribution in [3.8, 4) is 16.9 Å². The van der Waals surface area contributed by atoms with Crippen LogP contribution < -0.4 is 5.32 Å². The lowest BCUT2D eigenvalue weighted by Crippen LogP contribution is -2.15. The van der Waals surface area contributed by atoms with Gasteiger partial charge in [-0.1, -0.05) is 36.4 Å². The maximum Gasteiger partial charge on any atom is 0.278 e. The van der Waals surface area contributed by atoms with Gasteiger partial charge in [0.1, 0.15) is 5.69 Å². The zero-order chi connectivity index (χ0) is 17.9. The highest BCUT2D eigenvalue weighted by molar-refractivity contribution is 6.07. The number of hydrogen-bond acceptors (Lipinski definition) is 4. The fourth-order valence-electron chi connectivity index (χ4n) is 2.68. The van der Waals surface area contributed by atoms with E-state index in [1.54, 1.807) is 10.9 Å². The summed E-state index contributed by atoms with van der Waals surface area (Å²) in [5.74, 6) is -0.321. The molecule has 0 saturated heterocycles.